The molecular weight excluding hydrogens is 418 g/mol. The Kier molecular flexibility index (Phi) is 5.03. The van der Waals surface area contributed by atoms with Gasteiger partial charge < -0.3 is 0 Å². The molecule has 3 rings (SSSR count). The van der Waals surface area contributed by atoms with Gasteiger partial charge in [-0.25, -0.2) is 0 Å². The number of hydrogen-bond donors (Lipinski definition) is 0. The first kappa shape index (κ1) is 16.1. The Morgan fingerprint density at radius 3 is 2.00 bits per heavy atom. The number of nitrogens with zero attached hydrogens (tertiary/aromatic N) is 1. The fraction of sp³-hybridized carbons (Fsp3) is 0.0526. The summed E-state index contributed by atoms with van der Waals surface area (Å²) < 4.78 is 3.72. The molecule has 2 nitrogen and oxygen atoms in total. The van der Waals surface area contributed by atoms with Gasteiger partial charge in [-0.3, -0.25) is 4.79 Å². The third-order valence-electron chi connectivity index (χ3n) is 3.49. The van der Waals surface area contributed by atoms with E-state index in [0.717, 1.165) is 20.1 Å². The Balaban J connectivity index is 1.78. The fourth-order valence-electron chi connectivity index (χ4n) is 2.39. The Bertz CT molecular complexity index is 809. The van der Waals surface area contributed by atoms with Crippen LogP contribution < -0.4 is 4.57 Å². The van der Waals surface area contributed by atoms with E-state index in [-0.39, 0.29) is 5.78 Å². The van der Waals surface area contributed by atoms with Crippen molar-refractivity contribution in [2.24, 2.45) is 0 Å². The number of hydrogen-bond acceptors (Lipinski definition) is 1. The number of ketones is 1. The number of aromatic nitrogens is 1. The Labute approximate surface area is 152 Å². The second kappa shape index (κ2) is 7.20. The molecule has 0 aliphatic rings. The molecule has 1 aromatic heterocycles. The van der Waals surface area contributed by atoms with Crippen LogP contribution >= 0.6 is 31.9 Å². The number of Topliss-reactive ketones (excluding diaryl/α,β-unsaturated/α-hetero) is 1. The van der Waals surface area contributed by atoms with Gasteiger partial charge >= 0.3 is 0 Å². The van der Waals surface area contributed by atoms with Crippen LogP contribution in [-0.4, -0.2) is 5.78 Å². The van der Waals surface area contributed by atoms with Gasteiger partial charge in [0.25, 0.3) is 0 Å². The van der Waals surface area contributed by atoms with E-state index in [0.29, 0.717) is 12.1 Å². The molecule has 2 aromatic carbocycles. The van der Waals surface area contributed by atoms with E-state index < -0.39 is 0 Å². The highest BCUT2D eigenvalue weighted by Crippen LogP contribution is 2.19. The summed E-state index contributed by atoms with van der Waals surface area (Å²) in [4.78, 5) is 12.4. The minimum atomic E-state index is 0.0830. The summed E-state index contributed by atoms with van der Waals surface area (Å²) >= 11 is 6.86. The van der Waals surface area contributed by atoms with Crippen LogP contribution in [0.4, 0.5) is 0 Å². The van der Waals surface area contributed by atoms with Crippen LogP contribution in [0.1, 0.15) is 10.4 Å². The largest absolute Gasteiger partial charge is 0.287 e. The van der Waals surface area contributed by atoms with Gasteiger partial charge in [-0.2, -0.15) is 4.57 Å². The quantitative estimate of drug-likeness (QED) is 0.418. The van der Waals surface area contributed by atoms with Crippen molar-refractivity contribution in [1.82, 2.24) is 0 Å². The molecule has 0 aliphatic carbocycles. The lowest BCUT2D eigenvalue weighted by molar-refractivity contribution is -0.684. The molecule has 0 N–H and O–H groups in total. The molecule has 1 heterocycles. The number of halogens is 2. The second-order valence-corrected chi connectivity index (χ2v) is 7.04. The smallest absolute Gasteiger partial charge is 0.227 e. The molecule has 0 spiro atoms. The summed E-state index contributed by atoms with van der Waals surface area (Å²) in [6.07, 6.45) is 3.78. The lowest BCUT2D eigenvalue weighted by Crippen LogP contribution is -2.37. The maximum atomic E-state index is 12.4. The van der Waals surface area contributed by atoms with Crippen LogP contribution in [0.3, 0.4) is 0 Å². The lowest BCUT2D eigenvalue weighted by Gasteiger charge is -2.03. The topological polar surface area (TPSA) is 20.9 Å². The molecule has 4 heteroatoms. The van der Waals surface area contributed by atoms with Crippen molar-refractivity contribution in [3.8, 4) is 11.1 Å². The third-order valence-corrected chi connectivity index (χ3v) is 4.36. The van der Waals surface area contributed by atoms with Crippen molar-refractivity contribution in [3.05, 3.63) is 87.6 Å². The fourth-order valence-corrected chi connectivity index (χ4v) is 3.71. The van der Waals surface area contributed by atoms with Crippen LogP contribution in [0.25, 0.3) is 11.1 Å². The third kappa shape index (κ3) is 4.15. The van der Waals surface area contributed by atoms with Crippen molar-refractivity contribution in [3.63, 3.8) is 0 Å². The van der Waals surface area contributed by atoms with Crippen LogP contribution in [0.5, 0.6) is 0 Å². The van der Waals surface area contributed by atoms with Crippen molar-refractivity contribution >= 4 is 37.6 Å². The van der Waals surface area contributed by atoms with Gasteiger partial charge in [0, 0.05) is 5.56 Å². The highest BCUT2D eigenvalue weighted by Gasteiger charge is 2.13. The number of carbonyl (C=O) groups is 1. The second-order valence-electron chi connectivity index (χ2n) is 5.21. The highest BCUT2D eigenvalue weighted by atomic mass is 79.9. The first-order chi connectivity index (χ1) is 11.1. The molecule has 114 valence electrons. The standard InChI is InChI=1S/C19H14Br2NO/c20-17-10-18(21)12-22(11-17)13-19(23)16-8-6-15(7-9-16)14-4-2-1-3-5-14/h1-12H,13H2/q+1. The van der Waals surface area contributed by atoms with Gasteiger partial charge in [-0.15, -0.1) is 0 Å². The van der Waals surface area contributed by atoms with Gasteiger partial charge in [0.15, 0.2) is 12.4 Å². The number of benzene rings is 2. The average Bonchev–Trinajstić information content (AvgIpc) is 2.55. The number of carbonyl (C=O) groups excluding carboxylic acids is 1. The van der Waals surface area contributed by atoms with Crippen LogP contribution in [0.2, 0.25) is 0 Å². The summed E-state index contributed by atoms with van der Waals surface area (Å²) in [5, 5.41) is 0. The molecule has 0 fully saturated rings. The molecule has 23 heavy (non-hydrogen) atoms. The summed E-state index contributed by atoms with van der Waals surface area (Å²) in [5.41, 5.74) is 2.98. The van der Waals surface area contributed by atoms with Crippen LogP contribution in [0.15, 0.2) is 82.0 Å². The normalized spacial score (nSPS) is 10.5. The lowest BCUT2D eigenvalue weighted by atomic mass is 10.0. The minimum Gasteiger partial charge on any atom is -0.287 e. The number of pyridine rings is 1. The average molecular weight is 432 g/mol. The van der Waals surface area contributed by atoms with E-state index in [1.54, 1.807) is 0 Å². The Morgan fingerprint density at radius 1 is 0.826 bits per heavy atom. The van der Waals surface area contributed by atoms with Crippen LogP contribution in [-0.2, 0) is 6.54 Å². The van der Waals surface area contributed by atoms with E-state index in [4.69, 9.17) is 0 Å². The van der Waals surface area contributed by atoms with Gasteiger partial charge in [-0.1, -0.05) is 54.6 Å². The molecule has 0 aliphatic heterocycles. The molecule has 0 saturated carbocycles. The Hall–Kier alpha value is -1.78. The zero-order valence-corrected chi connectivity index (χ0v) is 15.4. The minimum absolute atomic E-state index is 0.0830. The van der Waals surface area contributed by atoms with Gasteiger partial charge in [-0.05, 0) is 49.1 Å². The molecule has 0 amide bonds. The maximum absolute atomic E-state index is 12.4. The maximum Gasteiger partial charge on any atom is 0.227 e. The highest BCUT2D eigenvalue weighted by molar-refractivity contribution is 9.11. The Morgan fingerprint density at radius 2 is 1.39 bits per heavy atom. The summed E-state index contributed by atoms with van der Waals surface area (Å²) in [6.45, 7) is 0.308. The first-order valence-electron chi connectivity index (χ1n) is 7.16. The zero-order chi connectivity index (χ0) is 16.2. The molecule has 0 unspecified atom stereocenters. The monoisotopic (exact) mass is 430 g/mol. The summed E-state index contributed by atoms with van der Waals surface area (Å²) in [5.74, 6) is 0.0830. The van der Waals surface area contributed by atoms with E-state index in [1.165, 1.54) is 0 Å². The zero-order valence-electron chi connectivity index (χ0n) is 12.2. The van der Waals surface area contributed by atoms with E-state index in [1.807, 2.05) is 65.5 Å². The predicted molar refractivity (Wildman–Crippen MR) is 98.2 cm³/mol. The van der Waals surface area contributed by atoms with Gasteiger partial charge in [0.2, 0.25) is 12.3 Å². The molecule has 3 aromatic rings. The summed E-state index contributed by atoms with van der Waals surface area (Å²) in [7, 11) is 0. The van der Waals surface area contributed by atoms with Gasteiger partial charge in [0.05, 0.1) is 8.95 Å². The van der Waals surface area contributed by atoms with Crippen molar-refractivity contribution < 1.29 is 9.36 Å². The SMILES string of the molecule is O=C(C[n+]1cc(Br)cc(Br)c1)c1ccc(-c2ccccc2)cc1. The van der Waals surface area contributed by atoms with Crippen molar-refractivity contribution in [1.29, 1.82) is 0 Å². The molecule has 0 bridgehead atoms. The molecule has 0 saturated heterocycles. The first-order valence-corrected chi connectivity index (χ1v) is 8.74. The molecule has 0 atom stereocenters. The van der Waals surface area contributed by atoms with Crippen molar-refractivity contribution in [2.75, 3.05) is 0 Å². The van der Waals surface area contributed by atoms with E-state index in [9.17, 15) is 4.79 Å². The van der Waals surface area contributed by atoms with Gasteiger partial charge in [0.1, 0.15) is 0 Å². The molecular formula is C19H14Br2NO+. The van der Waals surface area contributed by atoms with Crippen molar-refractivity contribution in [2.45, 2.75) is 6.54 Å². The van der Waals surface area contributed by atoms with Crippen LogP contribution in [0, 0.1) is 0 Å². The summed E-state index contributed by atoms with van der Waals surface area (Å²) in [6, 6.07) is 19.8. The van der Waals surface area contributed by atoms with E-state index in [2.05, 4.69) is 44.0 Å². The van der Waals surface area contributed by atoms with E-state index >= 15 is 0 Å². The molecule has 0 radical (unpaired) electrons. The number of rotatable bonds is 4. The predicted octanol–water partition coefficient (Wildman–Crippen LogP) is 5.05.